The minimum absolute atomic E-state index is 0.0481. The quantitative estimate of drug-likeness (QED) is 0.665. The second-order valence-corrected chi connectivity index (χ2v) is 8.94. The van der Waals surface area contributed by atoms with Crippen molar-refractivity contribution in [1.29, 1.82) is 0 Å². The Morgan fingerprint density at radius 3 is 2.93 bits per heavy atom. The van der Waals surface area contributed by atoms with Crippen LogP contribution < -0.4 is 5.32 Å². The van der Waals surface area contributed by atoms with Crippen molar-refractivity contribution in [2.75, 3.05) is 6.54 Å². The Balaban J connectivity index is 1.37. The zero-order chi connectivity index (χ0) is 20.4. The van der Waals surface area contributed by atoms with Crippen molar-refractivity contribution >= 4 is 34.5 Å². The number of rotatable bonds is 5. The van der Waals surface area contributed by atoms with Gasteiger partial charge in [-0.05, 0) is 38.1 Å². The molecule has 1 fully saturated rings. The molecule has 4 rings (SSSR count). The molecule has 3 aromatic heterocycles. The van der Waals surface area contributed by atoms with Gasteiger partial charge < -0.3 is 14.7 Å². The maximum Gasteiger partial charge on any atom is 0.270 e. The molecule has 1 aliphatic heterocycles. The summed E-state index contributed by atoms with van der Waals surface area (Å²) in [6.45, 7) is 4.83. The molecule has 1 aliphatic rings. The fraction of sp³-hybridized carbons (Fsp3) is 0.400. The van der Waals surface area contributed by atoms with E-state index in [1.54, 1.807) is 16.7 Å². The highest BCUT2D eigenvalue weighted by molar-refractivity contribution is 7.20. The third kappa shape index (κ3) is 4.40. The predicted octanol–water partition coefficient (Wildman–Crippen LogP) is 3.79. The molecule has 29 heavy (non-hydrogen) atoms. The summed E-state index contributed by atoms with van der Waals surface area (Å²) in [5, 5.41) is 11.7. The van der Waals surface area contributed by atoms with Gasteiger partial charge in [0, 0.05) is 30.0 Å². The van der Waals surface area contributed by atoms with E-state index in [1.165, 1.54) is 11.3 Å². The van der Waals surface area contributed by atoms with E-state index < -0.39 is 0 Å². The van der Waals surface area contributed by atoms with Gasteiger partial charge in [-0.15, -0.1) is 22.7 Å². The Morgan fingerprint density at radius 2 is 2.21 bits per heavy atom. The number of amides is 2. The molecule has 9 heteroatoms. The molecular formula is C20H22N4O3S2. The third-order valence-corrected chi connectivity index (χ3v) is 7.02. The van der Waals surface area contributed by atoms with E-state index in [0.29, 0.717) is 38.0 Å². The number of aryl methyl sites for hydroxylation is 2. The lowest BCUT2D eigenvalue weighted by Gasteiger charge is -2.21. The van der Waals surface area contributed by atoms with E-state index in [-0.39, 0.29) is 17.9 Å². The van der Waals surface area contributed by atoms with Gasteiger partial charge in [0.1, 0.15) is 16.5 Å². The fourth-order valence-corrected chi connectivity index (χ4v) is 5.03. The van der Waals surface area contributed by atoms with E-state index in [2.05, 4.69) is 15.5 Å². The van der Waals surface area contributed by atoms with Gasteiger partial charge in [-0.3, -0.25) is 9.59 Å². The lowest BCUT2D eigenvalue weighted by molar-refractivity contribution is -0.131. The molecule has 1 unspecified atom stereocenters. The maximum absolute atomic E-state index is 12.6. The summed E-state index contributed by atoms with van der Waals surface area (Å²) in [4.78, 5) is 32.5. The van der Waals surface area contributed by atoms with Gasteiger partial charge >= 0.3 is 0 Å². The lowest BCUT2D eigenvalue weighted by Crippen LogP contribution is -2.36. The Hall–Kier alpha value is -2.52. The van der Waals surface area contributed by atoms with Crippen LogP contribution >= 0.6 is 22.7 Å². The van der Waals surface area contributed by atoms with Crippen LogP contribution in [0, 0.1) is 13.8 Å². The topological polar surface area (TPSA) is 88.3 Å². The first-order valence-corrected chi connectivity index (χ1v) is 11.3. The van der Waals surface area contributed by atoms with Crippen LogP contribution in [0.2, 0.25) is 0 Å². The first-order valence-electron chi connectivity index (χ1n) is 9.51. The normalized spacial score (nSPS) is 17.4. The molecule has 3 aromatic rings. The van der Waals surface area contributed by atoms with Crippen molar-refractivity contribution in [2.45, 2.75) is 45.7 Å². The van der Waals surface area contributed by atoms with E-state index in [0.717, 1.165) is 26.9 Å². The molecule has 0 aliphatic carbocycles. The number of thiazole rings is 1. The number of nitrogens with one attached hydrogen (secondary N) is 1. The van der Waals surface area contributed by atoms with Crippen LogP contribution in [0.4, 0.5) is 0 Å². The number of thiophene rings is 1. The van der Waals surface area contributed by atoms with Crippen LogP contribution in [0.25, 0.3) is 9.88 Å². The molecule has 1 saturated heterocycles. The van der Waals surface area contributed by atoms with Crippen molar-refractivity contribution in [3.05, 3.63) is 45.6 Å². The zero-order valence-corrected chi connectivity index (χ0v) is 17.9. The number of aromatic nitrogens is 2. The van der Waals surface area contributed by atoms with Gasteiger partial charge in [0.25, 0.3) is 5.91 Å². The van der Waals surface area contributed by atoms with Gasteiger partial charge in [-0.1, -0.05) is 11.2 Å². The largest absolute Gasteiger partial charge is 0.361 e. The first-order chi connectivity index (χ1) is 14.0. The molecule has 7 nitrogen and oxygen atoms in total. The smallest absolute Gasteiger partial charge is 0.270 e. The monoisotopic (exact) mass is 430 g/mol. The Kier molecular flexibility index (Phi) is 5.77. The van der Waals surface area contributed by atoms with Crippen LogP contribution in [0.3, 0.4) is 0 Å². The number of nitrogens with zero attached hydrogens (tertiary/aromatic N) is 3. The van der Waals surface area contributed by atoms with Crippen LogP contribution in [0.15, 0.2) is 27.4 Å². The molecule has 4 heterocycles. The first kappa shape index (κ1) is 19.8. The van der Waals surface area contributed by atoms with Crippen LogP contribution in [-0.4, -0.2) is 39.4 Å². The van der Waals surface area contributed by atoms with Gasteiger partial charge in [0.05, 0.1) is 17.1 Å². The summed E-state index contributed by atoms with van der Waals surface area (Å²) < 4.78 is 5.20. The Morgan fingerprint density at radius 1 is 1.34 bits per heavy atom. The van der Waals surface area contributed by atoms with E-state index >= 15 is 0 Å². The number of hydrogen-bond donors (Lipinski definition) is 1. The SMILES string of the molecule is Cc1noc(C)c1CN1CCC(NC(=O)c2csc(-c3cccs3)n2)CCC1=O. The Labute approximate surface area is 176 Å². The lowest BCUT2D eigenvalue weighted by atomic mass is 10.1. The number of carbonyl (C=O) groups excluding carboxylic acids is 2. The molecule has 1 atom stereocenters. The summed E-state index contributed by atoms with van der Waals surface area (Å²) in [5.74, 6) is 0.658. The van der Waals surface area contributed by atoms with Gasteiger partial charge in [-0.25, -0.2) is 4.98 Å². The summed E-state index contributed by atoms with van der Waals surface area (Å²) in [5.41, 5.74) is 2.21. The van der Waals surface area contributed by atoms with Crippen LogP contribution in [0.1, 0.15) is 46.8 Å². The highest BCUT2D eigenvalue weighted by atomic mass is 32.1. The standard InChI is InChI=1S/C20H22N4O3S2/c1-12-15(13(2)27-23-12)10-24-8-7-14(5-6-18(24)25)21-19(26)16-11-29-20(22-16)17-4-3-9-28-17/h3-4,9,11,14H,5-8,10H2,1-2H3,(H,21,26). The zero-order valence-electron chi connectivity index (χ0n) is 16.3. The molecule has 0 spiro atoms. The molecule has 0 saturated carbocycles. The molecule has 1 N–H and O–H groups in total. The van der Waals surface area contributed by atoms with Crippen LogP contribution in [0.5, 0.6) is 0 Å². The van der Waals surface area contributed by atoms with Crippen LogP contribution in [-0.2, 0) is 11.3 Å². The minimum Gasteiger partial charge on any atom is -0.361 e. The van der Waals surface area contributed by atoms with Crippen molar-refractivity contribution in [2.24, 2.45) is 0 Å². The summed E-state index contributed by atoms with van der Waals surface area (Å²) in [6.07, 6.45) is 1.75. The molecule has 2 amide bonds. The third-order valence-electron chi connectivity index (χ3n) is 5.14. The maximum atomic E-state index is 12.6. The molecule has 152 valence electrons. The molecule has 0 radical (unpaired) electrons. The molecule has 0 bridgehead atoms. The predicted molar refractivity (Wildman–Crippen MR) is 112 cm³/mol. The number of hydrogen-bond acceptors (Lipinski definition) is 7. The molecular weight excluding hydrogens is 408 g/mol. The van der Waals surface area contributed by atoms with E-state index in [9.17, 15) is 9.59 Å². The van der Waals surface area contributed by atoms with Gasteiger partial charge in [-0.2, -0.15) is 0 Å². The van der Waals surface area contributed by atoms with Gasteiger partial charge in [0.2, 0.25) is 5.91 Å². The van der Waals surface area contributed by atoms with E-state index in [1.807, 2.05) is 36.3 Å². The fourth-order valence-electron chi connectivity index (χ4n) is 3.42. The highest BCUT2D eigenvalue weighted by Crippen LogP contribution is 2.28. The summed E-state index contributed by atoms with van der Waals surface area (Å²) in [6, 6.07) is 3.92. The van der Waals surface area contributed by atoms with E-state index in [4.69, 9.17) is 4.52 Å². The number of carbonyl (C=O) groups is 2. The van der Waals surface area contributed by atoms with Crippen molar-refractivity contribution in [3.63, 3.8) is 0 Å². The van der Waals surface area contributed by atoms with Gasteiger partial charge in [0.15, 0.2) is 0 Å². The van der Waals surface area contributed by atoms with Crippen molar-refractivity contribution in [1.82, 2.24) is 20.4 Å². The van der Waals surface area contributed by atoms with Crippen molar-refractivity contribution < 1.29 is 14.1 Å². The summed E-state index contributed by atoms with van der Waals surface area (Å²) in [7, 11) is 0. The highest BCUT2D eigenvalue weighted by Gasteiger charge is 2.26. The number of likely N-dealkylation sites (tertiary alicyclic amines) is 1. The minimum atomic E-state index is -0.180. The van der Waals surface area contributed by atoms with Crippen molar-refractivity contribution in [3.8, 4) is 9.88 Å². The molecule has 0 aromatic carbocycles. The Bertz CT molecular complexity index is 990. The average Bonchev–Trinajstić information content (AvgIpc) is 3.43. The second-order valence-electron chi connectivity index (χ2n) is 7.13. The average molecular weight is 431 g/mol. The second kappa shape index (κ2) is 8.46. The summed E-state index contributed by atoms with van der Waals surface area (Å²) >= 11 is 3.07.